The van der Waals surface area contributed by atoms with E-state index >= 15 is 0 Å². The second-order valence-corrected chi connectivity index (χ2v) is 12.2. The number of hydrogen-bond donors (Lipinski definition) is 0. The molecule has 0 radical (unpaired) electrons. The van der Waals surface area contributed by atoms with E-state index in [0.717, 1.165) is 18.2 Å². The summed E-state index contributed by atoms with van der Waals surface area (Å²) in [5, 5.41) is 0.154. The first-order valence-electron chi connectivity index (χ1n) is 14.7. The van der Waals surface area contributed by atoms with Crippen molar-refractivity contribution in [2.24, 2.45) is 11.3 Å². The molecule has 0 fully saturated rings. The molecule has 0 saturated carbocycles. The summed E-state index contributed by atoms with van der Waals surface area (Å²) in [5.74, 6) is -2.50. The number of halogens is 9. The van der Waals surface area contributed by atoms with Crippen molar-refractivity contribution in [3.05, 3.63) is 52.9 Å². The zero-order valence-electron chi connectivity index (χ0n) is 27.2. The minimum Gasteiger partial charge on any atom is -0.497 e. The fourth-order valence-electron chi connectivity index (χ4n) is 4.60. The largest absolute Gasteiger partial charge is 0.573 e. The summed E-state index contributed by atoms with van der Waals surface area (Å²) in [6.45, 7) is 4.92. The van der Waals surface area contributed by atoms with Crippen molar-refractivity contribution in [1.29, 1.82) is 0 Å². The van der Waals surface area contributed by atoms with E-state index in [0.29, 0.717) is 6.42 Å². The standard InChI is InChI=1S/C32H33F9O9/c1-18(17-28(2,3)4)26(42)46-13-11-30(35,36)50-32(40,41)49-29(33,34)10-12-45-21-7-6-19-14-23(27(43)47-24(19)16-21)22-9-8-20(44-5)15-25(22)48-31(37,38)39/h6-9,14-16,18H,10-13,17H2,1-5H3. The van der Waals surface area contributed by atoms with Crippen molar-refractivity contribution in [2.45, 2.75) is 71.8 Å². The molecule has 3 aromatic rings. The Balaban J connectivity index is 1.60. The molecule has 1 unspecified atom stereocenters. The summed E-state index contributed by atoms with van der Waals surface area (Å²) in [6, 6.07) is 7.99. The van der Waals surface area contributed by atoms with Crippen LogP contribution < -0.4 is 19.8 Å². The van der Waals surface area contributed by atoms with Crippen LogP contribution in [0.1, 0.15) is 47.0 Å². The highest BCUT2D eigenvalue weighted by molar-refractivity contribution is 5.84. The van der Waals surface area contributed by atoms with Crippen molar-refractivity contribution >= 4 is 16.9 Å². The maximum absolute atomic E-state index is 14.1. The minimum atomic E-state index is -5.48. The molecule has 1 atom stereocenters. The van der Waals surface area contributed by atoms with E-state index in [1.165, 1.54) is 38.3 Å². The predicted octanol–water partition coefficient (Wildman–Crippen LogP) is 8.91. The average Bonchev–Trinajstić information content (AvgIpc) is 2.93. The lowest BCUT2D eigenvalue weighted by Gasteiger charge is -2.26. The summed E-state index contributed by atoms with van der Waals surface area (Å²) in [7, 11) is 1.20. The predicted molar refractivity (Wildman–Crippen MR) is 157 cm³/mol. The first kappa shape index (κ1) is 40.2. The topological polar surface area (TPSA) is 103 Å². The van der Waals surface area contributed by atoms with Gasteiger partial charge in [0.25, 0.3) is 0 Å². The lowest BCUT2D eigenvalue weighted by atomic mass is 9.85. The van der Waals surface area contributed by atoms with Crippen molar-refractivity contribution in [2.75, 3.05) is 20.3 Å². The molecule has 0 aliphatic heterocycles. The van der Waals surface area contributed by atoms with Gasteiger partial charge in [0.05, 0.1) is 44.6 Å². The second kappa shape index (κ2) is 15.4. The smallest absolute Gasteiger partial charge is 0.497 e. The summed E-state index contributed by atoms with van der Waals surface area (Å²) in [4.78, 5) is 24.7. The fourth-order valence-corrected chi connectivity index (χ4v) is 4.60. The third kappa shape index (κ3) is 12.6. The number of ether oxygens (including phenoxy) is 6. The lowest BCUT2D eigenvalue weighted by Crippen LogP contribution is -2.41. The number of rotatable bonds is 16. The van der Waals surface area contributed by atoms with E-state index in [1.807, 2.05) is 20.8 Å². The maximum atomic E-state index is 14.1. The Morgan fingerprint density at radius 1 is 0.800 bits per heavy atom. The first-order valence-corrected chi connectivity index (χ1v) is 14.7. The maximum Gasteiger partial charge on any atom is 0.573 e. The molecule has 1 aromatic heterocycles. The van der Waals surface area contributed by atoms with Gasteiger partial charge in [0.1, 0.15) is 22.8 Å². The van der Waals surface area contributed by atoms with E-state index in [2.05, 4.69) is 18.9 Å². The Kier molecular flexibility index (Phi) is 12.4. The Morgan fingerprint density at radius 3 is 1.98 bits per heavy atom. The molecular formula is C32H33F9O9. The van der Waals surface area contributed by atoms with Crippen LogP contribution in [0.4, 0.5) is 39.5 Å². The SMILES string of the molecule is COc1ccc(-c2cc3ccc(OCCC(F)(F)OC(F)(F)OC(F)(F)CCOC(=O)C(C)CC(C)(C)C)cc3oc2=O)c(OC(F)(F)F)c1. The highest BCUT2D eigenvalue weighted by Gasteiger charge is 2.52. The number of carbonyl (C=O) groups excluding carboxylic acids is 1. The monoisotopic (exact) mass is 732 g/mol. The van der Waals surface area contributed by atoms with Gasteiger partial charge in [-0.25, -0.2) is 14.3 Å². The van der Waals surface area contributed by atoms with Crippen molar-refractivity contribution in [3.63, 3.8) is 0 Å². The molecular weight excluding hydrogens is 699 g/mol. The molecule has 0 N–H and O–H groups in total. The highest BCUT2D eigenvalue weighted by atomic mass is 19.4. The van der Waals surface area contributed by atoms with Crippen LogP contribution in [0.2, 0.25) is 0 Å². The van der Waals surface area contributed by atoms with Gasteiger partial charge in [0.15, 0.2) is 0 Å². The van der Waals surface area contributed by atoms with E-state index in [9.17, 15) is 49.1 Å². The molecule has 0 saturated heterocycles. The molecule has 0 aliphatic rings. The molecule has 2 aromatic carbocycles. The van der Waals surface area contributed by atoms with Crippen LogP contribution >= 0.6 is 0 Å². The second-order valence-electron chi connectivity index (χ2n) is 12.2. The van der Waals surface area contributed by atoms with Gasteiger partial charge in [-0.2, -0.15) is 17.6 Å². The molecule has 0 amide bonds. The van der Waals surface area contributed by atoms with Crippen molar-refractivity contribution < 1.29 is 77.1 Å². The molecule has 0 bridgehead atoms. The first-order chi connectivity index (χ1) is 22.9. The fraction of sp³-hybridized carbons (Fsp3) is 0.500. The Morgan fingerprint density at radius 2 is 1.40 bits per heavy atom. The van der Waals surface area contributed by atoms with Gasteiger partial charge in [0.2, 0.25) is 0 Å². The normalized spacial score (nSPS) is 13.6. The van der Waals surface area contributed by atoms with Crippen LogP contribution in [-0.2, 0) is 19.0 Å². The van der Waals surface area contributed by atoms with Gasteiger partial charge in [-0.3, -0.25) is 4.79 Å². The van der Waals surface area contributed by atoms with Gasteiger partial charge in [-0.15, -0.1) is 22.0 Å². The molecule has 9 nitrogen and oxygen atoms in total. The summed E-state index contributed by atoms with van der Waals surface area (Å²) in [6.07, 6.45) is -22.9. The van der Waals surface area contributed by atoms with Gasteiger partial charge < -0.3 is 23.4 Å². The number of fused-ring (bicyclic) bond motifs is 1. The van der Waals surface area contributed by atoms with Crippen LogP contribution in [0.5, 0.6) is 17.2 Å². The number of carbonyl (C=O) groups is 1. The van der Waals surface area contributed by atoms with Crippen LogP contribution in [0, 0.1) is 11.3 Å². The van der Waals surface area contributed by atoms with Gasteiger partial charge in [-0.1, -0.05) is 27.7 Å². The summed E-state index contributed by atoms with van der Waals surface area (Å²) >= 11 is 0. The quantitative estimate of drug-likeness (QED) is 0.0618. The van der Waals surface area contributed by atoms with Gasteiger partial charge in [0, 0.05) is 23.1 Å². The summed E-state index contributed by atoms with van der Waals surface area (Å²) < 4.78 is 153. The Bertz CT molecular complexity index is 1680. The number of alkyl halides is 9. The van der Waals surface area contributed by atoms with Gasteiger partial charge in [-0.05, 0) is 42.2 Å². The van der Waals surface area contributed by atoms with E-state index in [1.54, 1.807) is 0 Å². The zero-order chi connectivity index (χ0) is 37.7. The van der Waals surface area contributed by atoms with E-state index < -0.39 is 74.2 Å². The molecule has 1 heterocycles. The number of methoxy groups -OCH3 is 1. The lowest BCUT2D eigenvalue weighted by molar-refractivity contribution is -0.514. The van der Waals surface area contributed by atoms with Crippen LogP contribution in [-0.4, -0.2) is 51.2 Å². The number of benzene rings is 2. The molecule has 0 aliphatic carbocycles. The highest BCUT2D eigenvalue weighted by Crippen LogP contribution is 2.38. The Hall–Kier alpha value is -4.19. The van der Waals surface area contributed by atoms with Crippen LogP contribution in [0.15, 0.2) is 51.7 Å². The van der Waals surface area contributed by atoms with Crippen molar-refractivity contribution in [1.82, 2.24) is 0 Å². The minimum absolute atomic E-state index is 0.00144. The molecule has 3 rings (SSSR count). The molecule has 278 valence electrons. The molecule has 50 heavy (non-hydrogen) atoms. The zero-order valence-corrected chi connectivity index (χ0v) is 27.2. The number of esters is 1. The number of hydrogen-bond acceptors (Lipinski definition) is 9. The molecule has 0 spiro atoms. The third-order valence-corrected chi connectivity index (χ3v) is 6.57. The summed E-state index contributed by atoms with van der Waals surface area (Å²) in [5.41, 5.74) is -2.21. The van der Waals surface area contributed by atoms with Crippen molar-refractivity contribution in [3.8, 4) is 28.4 Å². The van der Waals surface area contributed by atoms with E-state index in [-0.39, 0.29) is 39.0 Å². The van der Waals surface area contributed by atoms with Gasteiger partial charge >= 0.3 is 36.5 Å². The average molecular weight is 733 g/mol. The van der Waals surface area contributed by atoms with Crippen LogP contribution in [0.3, 0.4) is 0 Å². The van der Waals surface area contributed by atoms with E-state index in [4.69, 9.17) is 13.9 Å². The van der Waals surface area contributed by atoms with Crippen LogP contribution in [0.25, 0.3) is 22.1 Å². The third-order valence-electron chi connectivity index (χ3n) is 6.57. The molecule has 18 heteroatoms. The Labute approximate surface area is 279 Å².